The fourth-order valence-electron chi connectivity index (χ4n) is 10.9. The van der Waals surface area contributed by atoms with E-state index in [4.69, 9.17) is 9.47 Å². The molecule has 3 aromatic rings. The Hall–Kier alpha value is -5.12. The van der Waals surface area contributed by atoms with Crippen molar-refractivity contribution < 1.29 is 37.0 Å². The van der Waals surface area contributed by atoms with Gasteiger partial charge >= 0.3 is 5.92 Å². The van der Waals surface area contributed by atoms with E-state index < -0.39 is 24.3 Å². The van der Waals surface area contributed by atoms with E-state index >= 15 is 13.2 Å². The molecule has 2 aliphatic carbocycles. The average molecular weight is 859 g/mol. The van der Waals surface area contributed by atoms with E-state index in [2.05, 4.69) is 30.4 Å². The van der Waals surface area contributed by atoms with Gasteiger partial charge in [-0.15, -0.1) is 0 Å². The number of piperidine rings is 3. The zero-order valence-corrected chi connectivity index (χ0v) is 35.6. The maximum atomic E-state index is 15.3. The van der Waals surface area contributed by atoms with E-state index in [-0.39, 0.29) is 41.7 Å². The van der Waals surface area contributed by atoms with Gasteiger partial charge in [0, 0.05) is 45.2 Å². The van der Waals surface area contributed by atoms with Crippen molar-refractivity contribution in [2.45, 2.75) is 94.9 Å². The number of fused-ring (bicyclic) bond motifs is 1. The number of nitrogens with one attached hydrogen (secondary N) is 2. The second-order valence-electron chi connectivity index (χ2n) is 18.6. The summed E-state index contributed by atoms with van der Waals surface area (Å²) in [6.07, 6.45) is 12.3. The first kappa shape index (κ1) is 42.2. The number of amides is 3. The van der Waals surface area contributed by atoms with E-state index in [0.717, 1.165) is 89.0 Å². The minimum atomic E-state index is -3.55. The lowest BCUT2D eigenvalue weighted by Crippen LogP contribution is -2.49. The van der Waals surface area contributed by atoms with Gasteiger partial charge in [-0.25, -0.2) is 9.37 Å². The Balaban J connectivity index is 0.726. The lowest BCUT2D eigenvalue weighted by atomic mass is 9.58. The molecule has 1 aromatic heterocycles. The average Bonchev–Trinajstić information content (AvgIpc) is 3.78. The Morgan fingerprint density at radius 1 is 0.919 bits per heavy atom. The Kier molecular flexibility index (Phi) is 11.7. The van der Waals surface area contributed by atoms with Crippen molar-refractivity contribution >= 4 is 46.5 Å². The molecule has 3 amide bonds. The van der Waals surface area contributed by atoms with Crippen LogP contribution in [0.4, 0.5) is 42.0 Å². The summed E-state index contributed by atoms with van der Waals surface area (Å²) < 4.78 is 57.4. The number of anilines is 5. The van der Waals surface area contributed by atoms with E-state index in [1.807, 2.05) is 24.3 Å². The number of carbonyl (C=O) groups is 3. The summed E-state index contributed by atoms with van der Waals surface area (Å²) in [4.78, 5) is 52.9. The molecule has 2 N–H and O–H groups in total. The highest BCUT2D eigenvalue weighted by Gasteiger charge is 2.49. The van der Waals surface area contributed by atoms with Crippen molar-refractivity contribution in [3.05, 3.63) is 54.0 Å². The highest BCUT2D eigenvalue weighted by molar-refractivity contribution is 6.02. The van der Waals surface area contributed by atoms with Crippen LogP contribution >= 0.6 is 0 Å². The van der Waals surface area contributed by atoms with Crippen LogP contribution in [0.2, 0.25) is 0 Å². The van der Waals surface area contributed by atoms with Gasteiger partial charge < -0.3 is 34.4 Å². The monoisotopic (exact) mass is 858 g/mol. The minimum Gasteiger partial charge on any atom is -0.494 e. The number of imide groups is 1. The molecule has 6 aliphatic rings. The quantitative estimate of drug-likeness (QED) is 0.193. The van der Waals surface area contributed by atoms with Gasteiger partial charge in [-0.2, -0.15) is 13.8 Å². The van der Waals surface area contributed by atoms with Crippen LogP contribution < -0.4 is 34.8 Å². The third-order valence-electron chi connectivity index (χ3n) is 14.5. The molecule has 2 aromatic carbocycles. The van der Waals surface area contributed by atoms with Gasteiger partial charge in [0.15, 0.2) is 5.82 Å². The van der Waals surface area contributed by atoms with Crippen LogP contribution in [0.15, 0.2) is 42.6 Å². The molecule has 3 saturated heterocycles. The number of hydrogen-bond acceptors (Lipinski definition) is 11. The first-order valence-corrected chi connectivity index (χ1v) is 22.3. The number of carbonyl (C=O) groups excluding carboxylic acids is 3. The summed E-state index contributed by atoms with van der Waals surface area (Å²) in [6.45, 7) is 4.80. The van der Waals surface area contributed by atoms with Gasteiger partial charge in [0.05, 0.1) is 43.8 Å². The number of aromatic nitrogens is 2. The predicted octanol–water partition coefficient (Wildman–Crippen LogP) is 7.04. The topological polar surface area (TPSA) is 132 Å². The van der Waals surface area contributed by atoms with Gasteiger partial charge in [0.1, 0.15) is 23.0 Å². The molecule has 9 rings (SSSR count). The van der Waals surface area contributed by atoms with Crippen molar-refractivity contribution in [3.8, 4) is 11.5 Å². The first-order chi connectivity index (χ1) is 29.9. The minimum absolute atomic E-state index is 0.129. The zero-order valence-electron chi connectivity index (χ0n) is 35.6. The lowest BCUT2D eigenvalue weighted by molar-refractivity contribution is -0.140. The van der Waals surface area contributed by atoms with Gasteiger partial charge in [-0.05, 0) is 118 Å². The molecule has 1 atom stereocenters. The fraction of sp³-hybridized carbons (Fsp3) is 0.587. The smallest absolute Gasteiger partial charge is 0.342 e. The molecule has 1 unspecified atom stereocenters. The largest absolute Gasteiger partial charge is 0.494 e. The summed E-state index contributed by atoms with van der Waals surface area (Å²) in [7, 11) is 2.92. The predicted molar refractivity (Wildman–Crippen MR) is 229 cm³/mol. The molecule has 2 saturated carbocycles. The summed E-state index contributed by atoms with van der Waals surface area (Å²) in [5, 5.41) is 5.57. The zero-order chi connectivity index (χ0) is 43.2. The van der Waals surface area contributed by atoms with Crippen LogP contribution in [0.5, 0.6) is 11.5 Å². The van der Waals surface area contributed by atoms with E-state index in [1.54, 1.807) is 18.1 Å². The number of likely N-dealkylation sites (tertiary alicyclic amines) is 1. The van der Waals surface area contributed by atoms with Gasteiger partial charge in [0.2, 0.25) is 17.8 Å². The van der Waals surface area contributed by atoms with E-state index in [0.29, 0.717) is 64.5 Å². The molecule has 0 bridgehead atoms. The molecule has 5 fully saturated rings. The number of rotatable bonds is 11. The lowest BCUT2D eigenvalue weighted by Gasteiger charge is -2.52. The Morgan fingerprint density at radius 2 is 1.68 bits per heavy atom. The van der Waals surface area contributed by atoms with Gasteiger partial charge in [0.25, 0.3) is 5.91 Å². The molecule has 332 valence electrons. The molecule has 0 radical (unpaired) electrons. The van der Waals surface area contributed by atoms with Gasteiger partial charge in [-0.1, -0.05) is 18.9 Å². The second kappa shape index (κ2) is 17.2. The molecular formula is C46H57F3N8O5. The van der Waals surface area contributed by atoms with Crippen molar-refractivity contribution in [2.75, 3.05) is 80.0 Å². The number of nitrogens with zero attached hydrogens (tertiary/aromatic N) is 6. The molecule has 4 aliphatic heterocycles. The SMILES string of the molecule is COc1cc(OCC2CC3(CCN(CC4CCN(c5ccc(C6CCC(=O)NC6=O)cc5F)CC4)CC3)C2)ccc1Nc1ncc2c(n1)N(C1CCCC1)CC(F)(F)C(=O)N2C. The Morgan fingerprint density at radius 3 is 2.39 bits per heavy atom. The van der Waals surface area contributed by atoms with E-state index in [9.17, 15) is 14.4 Å². The van der Waals surface area contributed by atoms with Gasteiger partial charge in [-0.3, -0.25) is 19.7 Å². The highest BCUT2D eigenvalue weighted by Crippen LogP contribution is 2.53. The van der Waals surface area contributed by atoms with Crippen LogP contribution in [0.3, 0.4) is 0 Å². The summed E-state index contributed by atoms with van der Waals surface area (Å²) in [5.41, 5.74) is 2.45. The van der Waals surface area contributed by atoms with Crippen LogP contribution in [-0.2, 0) is 14.4 Å². The highest BCUT2D eigenvalue weighted by atomic mass is 19.3. The molecule has 5 heterocycles. The summed E-state index contributed by atoms with van der Waals surface area (Å²) >= 11 is 0. The fourth-order valence-corrected chi connectivity index (χ4v) is 10.9. The second-order valence-corrected chi connectivity index (χ2v) is 18.6. The summed E-state index contributed by atoms with van der Waals surface area (Å²) in [6, 6.07) is 10.5. The van der Waals surface area contributed by atoms with Crippen LogP contribution in [0, 0.1) is 23.1 Å². The Labute approximate surface area is 360 Å². The summed E-state index contributed by atoms with van der Waals surface area (Å²) in [5.74, 6) is -3.41. The number of benzene rings is 2. The standard InChI is InChI=1S/C46H57F3N8O5/c1-54-38-25-50-44(53-41(38)57(32-5-3-4-6-32)28-46(48,49)43(54)60)51-36-10-8-33(22-39(36)61-2)62-27-30-23-45(24-30)15-19-55(20-16-45)26-29-13-17-56(18-14-29)37-11-7-31(21-35(37)47)34-9-12-40(58)52-42(34)59/h7-8,10-11,21-22,25,29-30,32,34H,3-6,9,12-20,23-24,26-28H2,1-2H3,(H,50,51,53)(H,52,58,59). The maximum absolute atomic E-state index is 15.3. The van der Waals surface area contributed by atoms with Crippen molar-refractivity contribution in [1.82, 2.24) is 20.2 Å². The maximum Gasteiger partial charge on any atom is 0.342 e. The number of halogens is 3. The van der Waals surface area contributed by atoms with Crippen molar-refractivity contribution in [3.63, 3.8) is 0 Å². The van der Waals surface area contributed by atoms with Crippen LogP contribution in [-0.4, -0.2) is 105 Å². The van der Waals surface area contributed by atoms with E-state index in [1.165, 1.54) is 32.2 Å². The molecular weight excluding hydrogens is 802 g/mol. The number of alkyl halides is 2. The van der Waals surface area contributed by atoms with Crippen LogP contribution in [0.1, 0.15) is 88.5 Å². The van der Waals surface area contributed by atoms with Crippen molar-refractivity contribution in [1.29, 1.82) is 0 Å². The number of ether oxygens (including phenoxy) is 2. The number of hydrogen-bond donors (Lipinski definition) is 2. The third kappa shape index (κ3) is 8.63. The normalized spacial score (nSPS) is 23.5. The van der Waals surface area contributed by atoms with Crippen molar-refractivity contribution in [2.24, 2.45) is 17.3 Å². The van der Waals surface area contributed by atoms with Crippen LogP contribution in [0.25, 0.3) is 0 Å². The third-order valence-corrected chi connectivity index (χ3v) is 14.5. The number of methoxy groups -OCH3 is 1. The molecule has 1 spiro atoms. The molecule has 62 heavy (non-hydrogen) atoms. The molecule has 16 heteroatoms. The first-order valence-electron chi connectivity index (χ1n) is 22.3. The Bertz CT molecular complexity index is 2160. The molecule has 13 nitrogen and oxygen atoms in total.